The van der Waals surface area contributed by atoms with Crippen molar-refractivity contribution in [2.24, 2.45) is 0 Å². The Balaban J connectivity index is 1.96. The molecule has 1 aliphatic heterocycles. The molecule has 1 aromatic rings. The minimum atomic E-state index is -0.487. The third-order valence-electron chi connectivity index (χ3n) is 3.18. The molecule has 0 bridgehead atoms. The lowest BCUT2D eigenvalue weighted by molar-refractivity contribution is -0.253. The van der Waals surface area contributed by atoms with E-state index in [0.717, 1.165) is 5.56 Å². The van der Waals surface area contributed by atoms with Gasteiger partial charge in [-0.15, -0.1) is 0 Å². The molecular weight excluding hydrogens is 285 g/mol. The number of rotatable bonds is 3. The fourth-order valence-corrected chi connectivity index (χ4v) is 2.66. The van der Waals surface area contributed by atoms with Gasteiger partial charge in [0.1, 0.15) is 0 Å². The molecule has 0 aromatic heterocycles. The van der Waals surface area contributed by atoms with Gasteiger partial charge in [0.15, 0.2) is 5.79 Å². The Morgan fingerprint density at radius 2 is 1.89 bits per heavy atom. The zero-order valence-corrected chi connectivity index (χ0v) is 12.9. The van der Waals surface area contributed by atoms with Crippen molar-refractivity contribution < 1.29 is 9.47 Å². The highest BCUT2D eigenvalue weighted by atomic mass is 35.5. The van der Waals surface area contributed by atoms with Crippen LogP contribution in [0.3, 0.4) is 0 Å². The molecule has 0 saturated carbocycles. The molecule has 1 fully saturated rings. The van der Waals surface area contributed by atoms with Crippen molar-refractivity contribution in [2.75, 3.05) is 13.2 Å². The summed E-state index contributed by atoms with van der Waals surface area (Å²) in [6.45, 7) is 7.16. The molecule has 1 saturated heterocycles. The number of benzene rings is 1. The smallest absolute Gasteiger partial charge is 0.162 e. The minimum Gasteiger partial charge on any atom is -0.349 e. The first-order valence-corrected chi connectivity index (χ1v) is 7.12. The van der Waals surface area contributed by atoms with E-state index >= 15 is 0 Å². The van der Waals surface area contributed by atoms with Crippen LogP contribution < -0.4 is 5.32 Å². The molecule has 106 valence electrons. The normalized spacial score (nSPS) is 21.3. The number of halogens is 2. The van der Waals surface area contributed by atoms with Crippen molar-refractivity contribution in [2.45, 2.75) is 38.6 Å². The highest BCUT2D eigenvalue weighted by molar-refractivity contribution is 6.35. The molecule has 1 heterocycles. The molecule has 0 aliphatic carbocycles. The lowest BCUT2D eigenvalue weighted by atomic mass is 10.1. The Morgan fingerprint density at radius 3 is 2.47 bits per heavy atom. The van der Waals surface area contributed by atoms with E-state index < -0.39 is 5.79 Å². The maximum atomic E-state index is 6.20. The van der Waals surface area contributed by atoms with Crippen LogP contribution in [0.15, 0.2) is 18.2 Å². The van der Waals surface area contributed by atoms with Gasteiger partial charge in [0.05, 0.1) is 19.3 Å². The van der Waals surface area contributed by atoms with E-state index in [1.54, 1.807) is 6.07 Å². The van der Waals surface area contributed by atoms with Gasteiger partial charge >= 0.3 is 0 Å². The van der Waals surface area contributed by atoms with Crippen molar-refractivity contribution in [3.8, 4) is 0 Å². The van der Waals surface area contributed by atoms with Crippen molar-refractivity contribution in [1.82, 2.24) is 5.32 Å². The van der Waals surface area contributed by atoms with E-state index in [-0.39, 0.29) is 12.1 Å². The van der Waals surface area contributed by atoms with Gasteiger partial charge in [-0.3, -0.25) is 0 Å². The third-order valence-corrected chi connectivity index (χ3v) is 3.74. The van der Waals surface area contributed by atoms with Gasteiger partial charge in [0, 0.05) is 16.1 Å². The first kappa shape index (κ1) is 15.1. The van der Waals surface area contributed by atoms with E-state index in [2.05, 4.69) is 12.2 Å². The van der Waals surface area contributed by atoms with E-state index in [0.29, 0.717) is 23.3 Å². The van der Waals surface area contributed by atoms with Crippen molar-refractivity contribution >= 4 is 23.2 Å². The molecule has 0 radical (unpaired) electrons. The second-order valence-electron chi connectivity index (χ2n) is 5.27. The predicted molar refractivity (Wildman–Crippen MR) is 77.8 cm³/mol. The fourth-order valence-electron chi connectivity index (χ4n) is 2.08. The SMILES string of the molecule is CC(NC1COC(C)(C)OC1)c1ccc(Cl)cc1Cl. The zero-order valence-electron chi connectivity index (χ0n) is 11.4. The van der Waals surface area contributed by atoms with Crippen LogP contribution in [-0.4, -0.2) is 25.0 Å². The molecule has 1 aliphatic rings. The van der Waals surface area contributed by atoms with Crippen LogP contribution in [0.25, 0.3) is 0 Å². The molecule has 1 atom stereocenters. The standard InChI is InChI=1S/C14H19Cl2NO2/c1-9(12-5-4-10(15)6-13(12)16)17-11-7-18-14(2,3)19-8-11/h4-6,9,11,17H,7-8H2,1-3H3. The summed E-state index contributed by atoms with van der Waals surface area (Å²) in [6, 6.07) is 5.82. The molecule has 1 N–H and O–H groups in total. The van der Waals surface area contributed by atoms with Crippen molar-refractivity contribution in [1.29, 1.82) is 0 Å². The maximum Gasteiger partial charge on any atom is 0.162 e. The highest BCUT2D eigenvalue weighted by Crippen LogP contribution is 2.27. The van der Waals surface area contributed by atoms with Gasteiger partial charge in [0.2, 0.25) is 0 Å². The van der Waals surface area contributed by atoms with Crippen LogP contribution in [0.4, 0.5) is 0 Å². The van der Waals surface area contributed by atoms with Crippen LogP contribution in [0.5, 0.6) is 0 Å². The second-order valence-corrected chi connectivity index (χ2v) is 6.12. The van der Waals surface area contributed by atoms with Gasteiger partial charge in [-0.05, 0) is 38.5 Å². The molecule has 1 unspecified atom stereocenters. The Kier molecular flexibility index (Phi) is 4.75. The van der Waals surface area contributed by atoms with Gasteiger partial charge in [-0.25, -0.2) is 0 Å². The van der Waals surface area contributed by atoms with E-state index in [4.69, 9.17) is 32.7 Å². The lowest BCUT2D eigenvalue weighted by Gasteiger charge is -2.36. The van der Waals surface area contributed by atoms with E-state index in [1.165, 1.54) is 0 Å². The highest BCUT2D eigenvalue weighted by Gasteiger charge is 2.29. The molecule has 1 aromatic carbocycles. The van der Waals surface area contributed by atoms with E-state index in [1.807, 2.05) is 26.0 Å². The van der Waals surface area contributed by atoms with E-state index in [9.17, 15) is 0 Å². The largest absolute Gasteiger partial charge is 0.349 e. The quantitative estimate of drug-likeness (QED) is 0.921. The van der Waals surface area contributed by atoms with Crippen molar-refractivity contribution in [3.05, 3.63) is 33.8 Å². The molecule has 3 nitrogen and oxygen atoms in total. The molecular formula is C14H19Cl2NO2. The average molecular weight is 304 g/mol. The number of hydrogen-bond acceptors (Lipinski definition) is 3. The van der Waals surface area contributed by atoms with Gasteiger partial charge in [0.25, 0.3) is 0 Å². The summed E-state index contributed by atoms with van der Waals surface area (Å²) in [7, 11) is 0. The Labute approximate surface area is 124 Å². The summed E-state index contributed by atoms with van der Waals surface area (Å²) in [5, 5.41) is 4.77. The Hall–Kier alpha value is -0.320. The van der Waals surface area contributed by atoms with Crippen LogP contribution >= 0.6 is 23.2 Å². The summed E-state index contributed by atoms with van der Waals surface area (Å²) in [4.78, 5) is 0. The monoisotopic (exact) mass is 303 g/mol. The summed E-state index contributed by atoms with van der Waals surface area (Å²) in [5.74, 6) is -0.487. The van der Waals surface area contributed by atoms with Gasteiger partial charge in [-0.1, -0.05) is 29.3 Å². The van der Waals surface area contributed by atoms with Crippen LogP contribution in [0.2, 0.25) is 10.0 Å². The molecule has 0 amide bonds. The Bertz CT molecular complexity index is 441. The summed E-state index contributed by atoms with van der Waals surface area (Å²) in [6.07, 6.45) is 0. The minimum absolute atomic E-state index is 0.114. The van der Waals surface area contributed by atoms with Crippen LogP contribution in [0, 0.1) is 0 Å². The summed E-state index contributed by atoms with van der Waals surface area (Å²) in [5.41, 5.74) is 1.02. The average Bonchev–Trinajstić information content (AvgIpc) is 2.31. The topological polar surface area (TPSA) is 30.5 Å². The van der Waals surface area contributed by atoms with Crippen molar-refractivity contribution in [3.63, 3.8) is 0 Å². The maximum absolute atomic E-state index is 6.20. The van der Waals surface area contributed by atoms with Gasteiger partial charge < -0.3 is 14.8 Å². The predicted octanol–water partition coefficient (Wildman–Crippen LogP) is 3.80. The molecule has 19 heavy (non-hydrogen) atoms. The third kappa shape index (κ3) is 4.07. The van der Waals surface area contributed by atoms with Gasteiger partial charge in [-0.2, -0.15) is 0 Å². The molecule has 5 heteroatoms. The van der Waals surface area contributed by atoms with Crippen LogP contribution in [-0.2, 0) is 9.47 Å². The zero-order chi connectivity index (χ0) is 14.0. The van der Waals surface area contributed by atoms with Crippen LogP contribution in [0.1, 0.15) is 32.4 Å². The first-order valence-electron chi connectivity index (χ1n) is 6.36. The lowest BCUT2D eigenvalue weighted by Crippen LogP contribution is -2.49. The molecule has 2 rings (SSSR count). The fraction of sp³-hybridized carbons (Fsp3) is 0.571. The Morgan fingerprint density at radius 1 is 1.26 bits per heavy atom. The number of nitrogens with one attached hydrogen (secondary N) is 1. The summed E-state index contributed by atoms with van der Waals surface area (Å²) >= 11 is 12.1. The second kappa shape index (κ2) is 5.98. The number of hydrogen-bond donors (Lipinski definition) is 1. The molecule has 0 spiro atoms. The number of ether oxygens (including phenoxy) is 2. The first-order chi connectivity index (χ1) is 8.87. The summed E-state index contributed by atoms with van der Waals surface area (Å²) < 4.78 is 11.3.